The van der Waals surface area contributed by atoms with Gasteiger partial charge in [-0.1, -0.05) is 13.8 Å². The molecule has 0 amide bonds. The van der Waals surface area contributed by atoms with Crippen LogP contribution in [-0.4, -0.2) is 36.9 Å². The molecule has 1 aromatic rings. The zero-order valence-electron chi connectivity index (χ0n) is 11.6. The van der Waals surface area contributed by atoms with Gasteiger partial charge in [-0.25, -0.2) is 13.2 Å². The van der Waals surface area contributed by atoms with Crippen LogP contribution in [0.2, 0.25) is 0 Å². The largest absolute Gasteiger partial charge is 0.477 e. The van der Waals surface area contributed by atoms with Crippen LogP contribution < -0.4 is 0 Å². The molecule has 0 radical (unpaired) electrons. The molecule has 112 valence electrons. The maximum atomic E-state index is 12.5. The van der Waals surface area contributed by atoms with E-state index in [-0.39, 0.29) is 15.2 Å². The first-order valence-corrected chi connectivity index (χ1v) is 8.98. The lowest BCUT2D eigenvalue weighted by atomic mass is 9.82. The number of sulfonamides is 1. The van der Waals surface area contributed by atoms with Crippen LogP contribution in [-0.2, 0) is 10.0 Å². The van der Waals surface area contributed by atoms with Crippen LogP contribution >= 0.6 is 11.3 Å². The maximum absolute atomic E-state index is 12.5. The first kappa shape index (κ1) is 15.5. The molecule has 0 unspecified atom stereocenters. The van der Waals surface area contributed by atoms with Gasteiger partial charge in [0.1, 0.15) is 4.88 Å². The lowest BCUT2D eigenvalue weighted by molar-refractivity contribution is 0.0702. The molecule has 20 heavy (non-hydrogen) atoms. The van der Waals surface area contributed by atoms with E-state index >= 15 is 0 Å². The summed E-state index contributed by atoms with van der Waals surface area (Å²) >= 11 is 0.949. The van der Waals surface area contributed by atoms with Crippen LogP contribution in [0.3, 0.4) is 0 Å². The zero-order valence-corrected chi connectivity index (χ0v) is 13.3. The second kappa shape index (κ2) is 5.46. The van der Waals surface area contributed by atoms with Crippen molar-refractivity contribution < 1.29 is 18.3 Å². The third-order valence-corrected chi connectivity index (χ3v) is 7.22. The van der Waals surface area contributed by atoms with Crippen LogP contribution in [0.1, 0.15) is 42.8 Å². The molecule has 0 saturated carbocycles. The number of aromatic carboxylic acids is 1. The number of rotatable bonds is 5. The van der Waals surface area contributed by atoms with E-state index in [4.69, 9.17) is 5.11 Å². The van der Waals surface area contributed by atoms with Gasteiger partial charge in [0.2, 0.25) is 10.0 Å². The molecule has 0 bridgehead atoms. The Labute approximate surface area is 123 Å². The predicted octanol–water partition coefficient (Wildman–Crippen LogP) is 2.65. The summed E-state index contributed by atoms with van der Waals surface area (Å²) in [5.74, 6) is -1.09. The SMILES string of the molecule is CCC1(CC)CCN(S(=O)(=O)c2csc(C(=O)O)c2)C1. The Morgan fingerprint density at radius 1 is 1.45 bits per heavy atom. The molecular formula is C13H19NO4S2. The van der Waals surface area contributed by atoms with Gasteiger partial charge in [0.05, 0.1) is 4.90 Å². The molecule has 1 aliphatic rings. The first-order valence-electron chi connectivity index (χ1n) is 6.66. The Morgan fingerprint density at radius 2 is 2.10 bits per heavy atom. The Hall–Kier alpha value is -0.920. The maximum Gasteiger partial charge on any atom is 0.345 e. The molecule has 1 N–H and O–H groups in total. The molecule has 0 atom stereocenters. The van der Waals surface area contributed by atoms with Gasteiger partial charge in [0.15, 0.2) is 0 Å². The highest BCUT2D eigenvalue weighted by atomic mass is 32.2. The first-order chi connectivity index (χ1) is 9.34. The third kappa shape index (κ3) is 2.62. The Balaban J connectivity index is 2.25. The van der Waals surface area contributed by atoms with Crippen molar-refractivity contribution in [3.8, 4) is 0 Å². The summed E-state index contributed by atoms with van der Waals surface area (Å²) in [6, 6.07) is 1.25. The topological polar surface area (TPSA) is 74.7 Å². The number of hydrogen-bond acceptors (Lipinski definition) is 4. The van der Waals surface area contributed by atoms with Crippen LogP contribution in [0.5, 0.6) is 0 Å². The van der Waals surface area contributed by atoms with Crippen molar-refractivity contribution in [3.63, 3.8) is 0 Å². The zero-order chi connectivity index (χ0) is 15.0. The van der Waals surface area contributed by atoms with Gasteiger partial charge in [0, 0.05) is 18.5 Å². The van der Waals surface area contributed by atoms with Gasteiger partial charge in [-0.2, -0.15) is 4.31 Å². The van der Waals surface area contributed by atoms with Crippen LogP contribution in [0.25, 0.3) is 0 Å². The van der Waals surface area contributed by atoms with E-state index < -0.39 is 16.0 Å². The van der Waals surface area contributed by atoms with Crippen molar-refractivity contribution in [1.82, 2.24) is 4.31 Å². The molecule has 0 spiro atoms. The Kier molecular flexibility index (Phi) is 4.22. The second-order valence-corrected chi connectivity index (χ2v) is 8.10. The van der Waals surface area contributed by atoms with Gasteiger partial charge in [-0.3, -0.25) is 0 Å². The third-order valence-electron chi connectivity index (χ3n) is 4.33. The molecule has 0 aliphatic carbocycles. The molecule has 1 fully saturated rings. The fourth-order valence-corrected chi connectivity index (χ4v) is 5.29. The standard InChI is InChI=1S/C13H19NO4S2/c1-3-13(4-2)5-6-14(9-13)20(17,18)10-7-11(12(15)16)19-8-10/h7-8H,3-6,9H2,1-2H3,(H,15,16). The van der Waals surface area contributed by atoms with Crippen molar-refractivity contribution >= 4 is 27.3 Å². The highest BCUT2D eigenvalue weighted by Crippen LogP contribution is 2.39. The fraction of sp³-hybridized carbons (Fsp3) is 0.615. The predicted molar refractivity (Wildman–Crippen MR) is 77.7 cm³/mol. The molecular weight excluding hydrogens is 298 g/mol. The van der Waals surface area contributed by atoms with Gasteiger partial charge in [-0.05, 0) is 30.7 Å². The average Bonchev–Trinajstić information content (AvgIpc) is 3.07. The van der Waals surface area contributed by atoms with E-state index in [1.54, 1.807) is 0 Å². The average molecular weight is 317 g/mol. The molecule has 0 aromatic carbocycles. The quantitative estimate of drug-likeness (QED) is 0.906. The molecule has 2 heterocycles. The number of carboxylic acids is 1. The lowest BCUT2D eigenvalue weighted by Crippen LogP contribution is -2.31. The van der Waals surface area contributed by atoms with Gasteiger partial charge >= 0.3 is 5.97 Å². The Morgan fingerprint density at radius 3 is 2.55 bits per heavy atom. The highest BCUT2D eigenvalue weighted by molar-refractivity contribution is 7.89. The minimum absolute atomic E-state index is 0.0556. The van der Waals surface area contributed by atoms with Gasteiger partial charge in [0.25, 0.3) is 0 Å². The van der Waals surface area contributed by atoms with Gasteiger partial charge in [-0.15, -0.1) is 11.3 Å². The Bertz CT molecular complexity index is 602. The number of nitrogens with zero attached hydrogens (tertiary/aromatic N) is 1. The summed E-state index contributed by atoms with van der Waals surface area (Å²) in [4.78, 5) is 11.0. The summed E-state index contributed by atoms with van der Waals surface area (Å²) in [6.45, 7) is 5.22. The highest BCUT2D eigenvalue weighted by Gasteiger charge is 2.40. The normalized spacial score (nSPS) is 19.3. The van der Waals surface area contributed by atoms with E-state index in [1.807, 2.05) is 0 Å². The van der Waals surface area contributed by atoms with Crippen molar-refractivity contribution in [1.29, 1.82) is 0 Å². The number of carbonyl (C=O) groups is 1. The molecule has 1 saturated heterocycles. The summed E-state index contributed by atoms with van der Waals surface area (Å²) in [5, 5.41) is 10.3. The lowest BCUT2D eigenvalue weighted by Gasteiger charge is -2.26. The second-order valence-electron chi connectivity index (χ2n) is 5.25. The summed E-state index contributed by atoms with van der Waals surface area (Å²) in [6.07, 6.45) is 2.79. The molecule has 7 heteroatoms. The molecule has 5 nitrogen and oxygen atoms in total. The van der Waals surface area contributed by atoms with Crippen molar-refractivity contribution in [3.05, 3.63) is 16.3 Å². The van der Waals surface area contributed by atoms with E-state index in [0.29, 0.717) is 13.1 Å². The number of hydrogen-bond donors (Lipinski definition) is 1. The number of carboxylic acid groups (broad SMARTS) is 1. The summed E-state index contributed by atoms with van der Waals surface area (Å²) < 4.78 is 26.6. The number of thiophene rings is 1. The fourth-order valence-electron chi connectivity index (χ4n) is 2.64. The van der Waals surface area contributed by atoms with E-state index in [9.17, 15) is 13.2 Å². The van der Waals surface area contributed by atoms with Crippen LogP contribution in [0, 0.1) is 5.41 Å². The molecule has 1 aromatic heterocycles. The summed E-state index contributed by atoms with van der Waals surface area (Å²) in [5.41, 5.74) is 0.0682. The van der Waals surface area contributed by atoms with Gasteiger partial charge < -0.3 is 5.11 Å². The summed E-state index contributed by atoms with van der Waals surface area (Å²) in [7, 11) is -3.56. The van der Waals surface area contributed by atoms with Crippen LogP contribution in [0.4, 0.5) is 0 Å². The van der Waals surface area contributed by atoms with Crippen LogP contribution in [0.15, 0.2) is 16.3 Å². The van der Waals surface area contributed by atoms with E-state index in [2.05, 4.69) is 13.8 Å². The van der Waals surface area contributed by atoms with Crippen molar-refractivity contribution in [2.45, 2.75) is 38.0 Å². The monoisotopic (exact) mass is 317 g/mol. The minimum atomic E-state index is -3.56. The van der Waals surface area contributed by atoms with E-state index in [1.165, 1.54) is 15.8 Å². The van der Waals surface area contributed by atoms with Crippen molar-refractivity contribution in [2.24, 2.45) is 5.41 Å². The molecule has 1 aliphatic heterocycles. The van der Waals surface area contributed by atoms with Crippen molar-refractivity contribution in [2.75, 3.05) is 13.1 Å². The smallest absolute Gasteiger partial charge is 0.345 e. The minimum Gasteiger partial charge on any atom is -0.477 e. The van der Waals surface area contributed by atoms with E-state index in [0.717, 1.165) is 30.6 Å². The molecule has 2 rings (SSSR count).